The summed E-state index contributed by atoms with van der Waals surface area (Å²) in [4.78, 5) is 25.2. The molecule has 4 rings (SSSR count). The van der Waals surface area contributed by atoms with Crippen molar-refractivity contribution >= 4 is 5.97 Å². The van der Waals surface area contributed by atoms with Crippen LogP contribution < -0.4 is 4.74 Å². The highest BCUT2D eigenvalue weighted by atomic mass is 16.6. The summed E-state index contributed by atoms with van der Waals surface area (Å²) in [6.07, 6.45) is 2.71. The lowest BCUT2D eigenvalue weighted by molar-refractivity contribution is -0.149. The second-order valence-electron chi connectivity index (χ2n) is 9.30. The molecule has 1 heterocycles. The van der Waals surface area contributed by atoms with Gasteiger partial charge < -0.3 is 19.3 Å². The maximum absolute atomic E-state index is 12.0. The number of aromatic hydroxyl groups is 1. The van der Waals surface area contributed by atoms with Crippen LogP contribution >= 0.6 is 0 Å². The van der Waals surface area contributed by atoms with Crippen LogP contribution in [0.5, 0.6) is 11.5 Å². The summed E-state index contributed by atoms with van der Waals surface area (Å²) in [6, 6.07) is 22.9. The maximum Gasteiger partial charge on any atom is 0.333 e. The minimum absolute atomic E-state index is 0.0521. The molecule has 0 bridgehead atoms. The van der Waals surface area contributed by atoms with Crippen molar-refractivity contribution in [1.82, 2.24) is 15.0 Å². The molecule has 8 nitrogen and oxygen atoms in total. The van der Waals surface area contributed by atoms with E-state index < -0.39 is 12.1 Å². The number of phenolic OH excluding ortho intramolecular Hbond substituents is 1. The van der Waals surface area contributed by atoms with Crippen molar-refractivity contribution in [2.75, 3.05) is 19.8 Å². The van der Waals surface area contributed by atoms with Crippen molar-refractivity contribution in [2.24, 2.45) is 0 Å². The summed E-state index contributed by atoms with van der Waals surface area (Å²) in [5.41, 5.74) is 3.78. The highest BCUT2D eigenvalue weighted by Gasteiger charge is 2.18. The molecule has 0 spiro atoms. The van der Waals surface area contributed by atoms with Crippen LogP contribution in [-0.4, -0.2) is 52.0 Å². The van der Waals surface area contributed by atoms with E-state index in [0.717, 1.165) is 29.5 Å². The molecule has 1 aromatic heterocycles. The first-order valence-electron chi connectivity index (χ1n) is 13.2. The predicted octanol–water partition coefficient (Wildman–Crippen LogP) is 6.26. The molecule has 4 aromatic rings. The molecule has 1 N–H and O–H groups in total. The Hall–Kier alpha value is -4.56. The van der Waals surface area contributed by atoms with Gasteiger partial charge in [-0.25, -0.2) is 19.7 Å². The fourth-order valence-corrected chi connectivity index (χ4v) is 3.82. The van der Waals surface area contributed by atoms with E-state index in [1.807, 2.05) is 42.5 Å². The van der Waals surface area contributed by atoms with Gasteiger partial charge in [-0.3, -0.25) is 0 Å². The van der Waals surface area contributed by atoms with Crippen LogP contribution in [0.4, 0.5) is 0 Å². The van der Waals surface area contributed by atoms with Crippen molar-refractivity contribution < 1.29 is 24.1 Å². The lowest BCUT2D eigenvalue weighted by Gasteiger charge is -2.19. The molecule has 0 amide bonds. The molecule has 8 heteroatoms. The summed E-state index contributed by atoms with van der Waals surface area (Å²) in [5.74, 6) is 0.667. The van der Waals surface area contributed by atoms with Gasteiger partial charge in [0.1, 0.15) is 24.4 Å². The van der Waals surface area contributed by atoms with E-state index in [1.165, 1.54) is 12.4 Å². The van der Waals surface area contributed by atoms with Crippen LogP contribution in [0.2, 0.25) is 0 Å². The number of ether oxygens (including phenoxy) is 3. The van der Waals surface area contributed by atoms with E-state index in [2.05, 4.69) is 40.6 Å². The molecule has 0 saturated carbocycles. The largest absolute Gasteiger partial charge is 0.507 e. The Kier molecular flexibility index (Phi) is 9.96. The Morgan fingerprint density at radius 2 is 1.62 bits per heavy atom. The van der Waals surface area contributed by atoms with E-state index >= 15 is 0 Å². The van der Waals surface area contributed by atoms with Gasteiger partial charge in [0.25, 0.3) is 0 Å². The molecule has 40 heavy (non-hydrogen) atoms. The summed E-state index contributed by atoms with van der Waals surface area (Å²) in [5, 5.41) is 10.8. The molecule has 0 aliphatic heterocycles. The minimum atomic E-state index is -0.623. The zero-order chi connectivity index (χ0) is 28.3. The van der Waals surface area contributed by atoms with Gasteiger partial charge in [-0.15, -0.1) is 0 Å². The van der Waals surface area contributed by atoms with Crippen molar-refractivity contribution in [2.45, 2.75) is 32.8 Å². The molecule has 0 radical (unpaired) electrons. The van der Waals surface area contributed by atoms with Gasteiger partial charge >= 0.3 is 5.97 Å². The molecular weight excluding hydrogens is 506 g/mol. The minimum Gasteiger partial charge on any atom is -0.507 e. The number of nitrogens with zero attached hydrogens (tertiary/aromatic N) is 3. The first-order chi connectivity index (χ1) is 19.4. The Labute approximate surface area is 234 Å². The van der Waals surface area contributed by atoms with Crippen LogP contribution in [0.3, 0.4) is 0 Å². The van der Waals surface area contributed by atoms with Crippen molar-refractivity contribution in [3.8, 4) is 45.4 Å². The van der Waals surface area contributed by atoms with E-state index in [4.69, 9.17) is 14.2 Å². The quantitative estimate of drug-likeness (QED) is 0.121. The number of unbranched alkanes of at least 4 members (excludes halogenated alkanes) is 1. The van der Waals surface area contributed by atoms with Crippen LogP contribution in [0.1, 0.15) is 26.7 Å². The third-order valence-corrected chi connectivity index (χ3v) is 6.04. The average Bonchev–Trinajstić information content (AvgIpc) is 2.98. The second-order valence-corrected chi connectivity index (χ2v) is 9.30. The van der Waals surface area contributed by atoms with E-state index in [-0.39, 0.29) is 19.0 Å². The predicted molar refractivity (Wildman–Crippen MR) is 154 cm³/mol. The topological polar surface area (TPSA) is 104 Å². The maximum atomic E-state index is 12.0. The first-order valence-corrected chi connectivity index (χ1v) is 13.2. The normalized spacial score (nSPS) is 11.6. The van der Waals surface area contributed by atoms with Gasteiger partial charge in [-0.1, -0.05) is 74.5 Å². The summed E-state index contributed by atoms with van der Waals surface area (Å²) < 4.78 is 16.9. The summed E-state index contributed by atoms with van der Waals surface area (Å²) >= 11 is 0. The van der Waals surface area contributed by atoms with E-state index in [9.17, 15) is 9.90 Å². The molecule has 0 aliphatic rings. The number of esters is 1. The average molecular weight is 540 g/mol. The van der Waals surface area contributed by atoms with Crippen LogP contribution in [-0.2, 0) is 14.3 Å². The van der Waals surface area contributed by atoms with Gasteiger partial charge in [-0.05, 0) is 36.6 Å². The number of benzene rings is 3. The number of aromatic nitrogens is 3. The molecule has 0 fully saturated rings. The highest BCUT2D eigenvalue weighted by Crippen LogP contribution is 2.31. The van der Waals surface area contributed by atoms with Gasteiger partial charge in [0.15, 0.2) is 17.8 Å². The number of hydrogen-bond acceptors (Lipinski definition) is 8. The SMILES string of the molecule is C=C(C)C(=O)OC(COCCCC)COc1ccc(-c2ncnc(-c3ccc(-c4ccccc4)cc3)n2)c(O)c1. The third kappa shape index (κ3) is 7.74. The Balaban J connectivity index is 1.44. The number of phenols is 1. The molecule has 3 aromatic carbocycles. The monoisotopic (exact) mass is 539 g/mol. The summed E-state index contributed by atoms with van der Waals surface area (Å²) in [7, 11) is 0. The molecule has 0 aliphatic carbocycles. The second kappa shape index (κ2) is 14.0. The number of carbonyl (C=O) groups excluding carboxylic acids is 1. The van der Waals surface area contributed by atoms with E-state index in [0.29, 0.717) is 35.1 Å². The van der Waals surface area contributed by atoms with Crippen LogP contribution in [0.25, 0.3) is 33.9 Å². The lowest BCUT2D eigenvalue weighted by atomic mass is 10.0. The molecule has 206 valence electrons. The zero-order valence-electron chi connectivity index (χ0n) is 22.7. The van der Waals surface area contributed by atoms with Crippen molar-refractivity contribution in [3.05, 3.63) is 91.3 Å². The molecule has 1 unspecified atom stereocenters. The van der Waals surface area contributed by atoms with Crippen LogP contribution in [0, 0.1) is 0 Å². The zero-order valence-corrected chi connectivity index (χ0v) is 22.7. The molecular formula is C32H33N3O5. The standard InChI is InChI=1S/C32H33N3O5/c1-4-5-17-38-19-27(40-32(37)22(2)3)20-39-26-15-16-28(29(36)18-26)31-34-21-33-30(35-31)25-13-11-24(12-14-25)23-9-7-6-8-10-23/h6-16,18,21,27,36H,2,4-5,17,19-20H2,1,3H3. The van der Waals surface area contributed by atoms with Crippen molar-refractivity contribution in [3.63, 3.8) is 0 Å². The third-order valence-electron chi connectivity index (χ3n) is 6.04. The van der Waals surface area contributed by atoms with E-state index in [1.54, 1.807) is 19.1 Å². The fourth-order valence-electron chi connectivity index (χ4n) is 3.82. The van der Waals surface area contributed by atoms with Crippen LogP contribution in [0.15, 0.2) is 91.3 Å². The fraction of sp³-hybridized carbons (Fsp3) is 0.250. The molecule has 0 saturated heterocycles. The molecule has 1 atom stereocenters. The Morgan fingerprint density at radius 3 is 2.33 bits per heavy atom. The smallest absolute Gasteiger partial charge is 0.333 e. The number of carbonyl (C=O) groups is 1. The Morgan fingerprint density at radius 1 is 0.925 bits per heavy atom. The van der Waals surface area contributed by atoms with Gasteiger partial charge in [-0.2, -0.15) is 0 Å². The van der Waals surface area contributed by atoms with Crippen molar-refractivity contribution in [1.29, 1.82) is 0 Å². The lowest BCUT2D eigenvalue weighted by Crippen LogP contribution is -2.30. The number of hydrogen-bond donors (Lipinski definition) is 1. The Bertz CT molecular complexity index is 1420. The highest BCUT2D eigenvalue weighted by molar-refractivity contribution is 5.87. The van der Waals surface area contributed by atoms with Gasteiger partial charge in [0.2, 0.25) is 0 Å². The summed E-state index contributed by atoms with van der Waals surface area (Å²) in [6.45, 7) is 8.10. The van der Waals surface area contributed by atoms with Gasteiger partial charge in [0.05, 0.1) is 12.2 Å². The first kappa shape index (κ1) is 28.4. The number of rotatable bonds is 13. The van der Waals surface area contributed by atoms with Gasteiger partial charge in [0, 0.05) is 23.8 Å².